The number of amides is 2. The zero-order valence-corrected chi connectivity index (χ0v) is 15.1. The number of hydrogen-bond acceptors (Lipinski definition) is 1. The third-order valence-corrected chi connectivity index (χ3v) is 5.91. The molecular weight excluding hydrogens is 310 g/mol. The second-order valence-electron chi connectivity index (χ2n) is 7.90. The van der Waals surface area contributed by atoms with Gasteiger partial charge in [0.1, 0.15) is 0 Å². The molecule has 1 aliphatic heterocycles. The lowest BCUT2D eigenvalue weighted by Gasteiger charge is -2.58. The van der Waals surface area contributed by atoms with Gasteiger partial charge >= 0.3 is 6.03 Å². The summed E-state index contributed by atoms with van der Waals surface area (Å²) < 4.78 is 0. The maximum Gasteiger partial charge on any atom is 0.317 e. The average Bonchev–Trinajstić information content (AvgIpc) is 3.22. The smallest absolute Gasteiger partial charge is 0.317 e. The number of aromatic amines is 1. The highest BCUT2D eigenvalue weighted by Gasteiger charge is 2.55. The summed E-state index contributed by atoms with van der Waals surface area (Å²) in [4.78, 5) is 18.0. The van der Waals surface area contributed by atoms with Crippen LogP contribution in [0.5, 0.6) is 0 Å². The molecule has 1 unspecified atom stereocenters. The molecule has 0 radical (unpaired) electrons. The van der Waals surface area contributed by atoms with Gasteiger partial charge in [-0.05, 0) is 42.9 Å². The molecule has 1 aromatic carbocycles. The van der Waals surface area contributed by atoms with E-state index in [2.05, 4.69) is 65.5 Å². The minimum atomic E-state index is 0.0949. The Morgan fingerprint density at radius 3 is 2.88 bits per heavy atom. The number of aromatic nitrogens is 1. The van der Waals surface area contributed by atoms with Crippen molar-refractivity contribution in [2.45, 2.75) is 39.2 Å². The molecule has 1 atom stereocenters. The van der Waals surface area contributed by atoms with Crippen molar-refractivity contribution in [2.24, 2.45) is 11.3 Å². The first-order chi connectivity index (χ1) is 12.1. The molecule has 1 fully saturated rings. The summed E-state index contributed by atoms with van der Waals surface area (Å²) in [6.07, 6.45) is 9.62. The molecule has 1 spiro atoms. The van der Waals surface area contributed by atoms with Gasteiger partial charge in [-0.25, -0.2) is 4.79 Å². The van der Waals surface area contributed by atoms with Crippen LogP contribution in [0.15, 0.2) is 42.6 Å². The molecule has 4 rings (SSSR count). The number of fused-ring (bicyclic) bond motifs is 1. The molecule has 132 valence electrons. The predicted octanol–water partition coefficient (Wildman–Crippen LogP) is 4.10. The van der Waals surface area contributed by atoms with E-state index < -0.39 is 0 Å². The summed E-state index contributed by atoms with van der Waals surface area (Å²) in [5.74, 6) is 0.494. The second kappa shape index (κ2) is 6.25. The Balaban J connectivity index is 1.36. The van der Waals surface area contributed by atoms with E-state index in [1.54, 1.807) is 0 Å². The Kier molecular flexibility index (Phi) is 4.06. The third-order valence-electron chi connectivity index (χ3n) is 5.91. The predicted molar refractivity (Wildman–Crippen MR) is 102 cm³/mol. The molecule has 2 aromatic rings. The van der Waals surface area contributed by atoms with Gasteiger partial charge in [-0.1, -0.05) is 38.1 Å². The maximum atomic E-state index is 12.7. The number of nitrogens with one attached hydrogen (secondary N) is 2. The van der Waals surface area contributed by atoms with Crippen LogP contribution in [-0.2, 0) is 6.42 Å². The van der Waals surface area contributed by atoms with Gasteiger partial charge in [0.25, 0.3) is 0 Å². The van der Waals surface area contributed by atoms with Gasteiger partial charge in [0.2, 0.25) is 0 Å². The molecule has 2 heterocycles. The first kappa shape index (κ1) is 16.2. The van der Waals surface area contributed by atoms with Gasteiger partial charge in [-0.15, -0.1) is 0 Å². The number of nitrogens with zero attached hydrogens (tertiary/aromatic N) is 1. The van der Waals surface area contributed by atoms with Crippen molar-refractivity contribution in [1.29, 1.82) is 0 Å². The number of H-pyrrole nitrogens is 1. The molecule has 1 aromatic heterocycles. The number of carbonyl (C=O) groups excluding carboxylic acids is 1. The average molecular weight is 337 g/mol. The van der Waals surface area contributed by atoms with E-state index in [0.29, 0.717) is 23.9 Å². The molecule has 0 bridgehead atoms. The molecule has 2 N–H and O–H groups in total. The molecule has 4 nitrogen and oxygen atoms in total. The topological polar surface area (TPSA) is 48.1 Å². The molecule has 4 heteroatoms. The highest BCUT2D eigenvalue weighted by atomic mass is 16.2. The quantitative estimate of drug-likeness (QED) is 0.811. The number of hydrogen-bond donors (Lipinski definition) is 2. The Morgan fingerprint density at radius 2 is 2.12 bits per heavy atom. The first-order valence-corrected chi connectivity index (χ1v) is 9.35. The van der Waals surface area contributed by atoms with Crippen molar-refractivity contribution in [3.63, 3.8) is 0 Å². The van der Waals surface area contributed by atoms with E-state index in [9.17, 15) is 4.79 Å². The van der Waals surface area contributed by atoms with Crippen LogP contribution in [0.1, 0.15) is 32.3 Å². The van der Waals surface area contributed by atoms with Gasteiger partial charge in [0.15, 0.2) is 0 Å². The fourth-order valence-electron chi connectivity index (χ4n) is 4.88. The van der Waals surface area contributed by atoms with E-state index in [1.807, 2.05) is 6.20 Å². The molecule has 25 heavy (non-hydrogen) atoms. The number of allylic oxidation sites excluding steroid dienone is 2. The summed E-state index contributed by atoms with van der Waals surface area (Å²) in [6, 6.07) is 8.85. The molecule has 2 amide bonds. The van der Waals surface area contributed by atoms with Crippen LogP contribution in [0.4, 0.5) is 4.79 Å². The summed E-state index contributed by atoms with van der Waals surface area (Å²) >= 11 is 0. The van der Waals surface area contributed by atoms with E-state index >= 15 is 0 Å². The van der Waals surface area contributed by atoms with Gasteiger partial charge in [-0.3, -0.25) is 0 Å². The fraction of sp³-hybridized carbons (Fsp3) is 0.476. The molecule has 1 saturated heterocycles. The van der Waals surface area contributed by atoms with E-state index in [0.717, 1.165) is 31.3 Å². The molecule has 2 aliphatic rings. The van der Waals surface area contributed by atoms with Crippen LogP contribution in [0.3, 0.4) is 0 Å². The lowest BCUT2D eigenvalue weighted by atomic mass is 9.65. The number of carbonyl (C=O) groups is 1. The van der Waals surface area contributed by atoms with E-state index in [4.69, 9.17) is 0 Å². The zero-order valence-electron chi connectivity index (χ0n) is 15.1. The monoisotopic (exact) mass is 337 g/mol. The third kappa shape index (κ3) is 2.74. The summed E-state index contributed by atoms with van der Waals surface area (Å²) in [7, 11) is 0. The van der Waals surface area contributed by atoms with Crippen molar-refractivity contribution in [1.82, 2.24) is 15.2 Å². The standard InChI is InChI=1S/C21H27N3O/c1-15(2)19-21(10-3-4-11-21)14-24(19)20(25)23-12-8-16-6-5-7-18-17(16)9-13-22-18/h3-7,9,13,15,19,22H,8,10-12,14H2,1-2H3,(H,23,25). The normalized spacial score (nSPS) is 21.2. The van der Waals surface area contributed by atoms with Crippen LogP contribution < -0.4 is 5.32 Å². The van der Waals surface area contributed by atoms with Crippen molar-refractivity contribution < 1.29 is 4.79 Å². The highest BCUT2D eigenvalue weighted by molar-refractivity contribution is 5.83. The van der Waals surface area contributed by atoms with Crippen molar-refractivity contribution >= 4 is 16.9 Å². The van der Waals surface area contributed by atoms with Crippen molar-refractivity contribution in [3.8, 4) is 0 Å². The minimum absolute atomic E-state index is 0.0949. The highest BCUT2D eigenvalue weighted by Crippen LogP contribution is 2.50. The van der Waals surface area contributed by atoms with Gasteiger partial charge in [0.05, 0.1) is 0 Å². The maximum absolute atomic E-state index is 12.7. The van der Waals surface area contributed by atoms with Gasteiger partial charge in [-0.2, -0.15) is 0 Å². The number of likely N-dealkylation sites (tertiary alicyclic amines) is 1. The summed E-state index contributed by atoms with van der Waals surface area (Å²) in [5, 5.41) is 4.38. The van der Waals surface area contributed by atoms with E-state index in [1.165, 1.54) is 10.9 Å². The van der Waals surface area contributed by atoms with Gasteiger partial charge < -0.3 is 15.2 Å². The Bertz CT molecular complexity index is 796. The lowest BCUT2D eigenvalue weighted by Crippen LogP contribution is -2.69. The van der Waals surface area contributed by atoms with Crippen LogP contribution in [-0.4, -0.2) is 35.0 Å². The Morgan fingerprint density at radius 1 is 1.32 bits per heavy atom. The summed E-state index contributed by atoms with van der Waals surface area (Å²) in [6.45, 7) is 6.03. The fourth-order valence-corrected chi connectivity index (χ4v) is 4.88. The zero-order chi connectivity index (χ0) is 17.4. The minimum Gasteiger partial charge on any atom is -0.361 e. The van der Waals surface area contributed by atoms with Gasteiger partial charge in [0, 0.05) is 41.6 Å². The summed E-state index contributed by atoms with van der Waals surface area (Å²) in [5.41, 5.74) is 2.74. The van der Waals surface area contributed by atoms with Crippen LogP contribution in [0.25, 0.3) is 10.9 Å². The van der Waals surface area contributed by atoms with E-state index in [-0.39, 0.29) is 6.03 Å². The van der Waals surface area contributed by atoms with Crippen LogP contribution in [0.2, 0.25) is 0 Å². The lowest BCUT2D eigenvalue weighted by molar-refractivity contribution is -0.0575. The van der Waals surface area contributed by atoms with Crippen molar-refractivity contribution in [2.75, 3.05) is 13.1 Å². The number of rotatable bonds is 4. The largest absolute Gasteiger partial charge is 0.361 e. The van der Waals surface area contributed by atoms with Crippen molar-refractivity contribution in [3.05, 3.63) is 48.2 Å². The SMILES string of the molecule is CC(C)C1N(C(=O)NCCc2cccc3[nH]ccc23)CC12CC=CC2. The Labute approximate surface area is 149 Å². The van der Waals surface area contributed by atoms with Crippen LogP contribution in [0, 0.1) is 11.3 Å². The number of urea groups is 1. The second-order valence-corrected chi connectivity index (χ2v) is 7.90. The molecule has 1 aliphatic carbocycles. The Hall–Kier alpha value is -2.23. The number of benzene rings is 1. The molecule has 0 saturated carbocycles. The first-order valence-electron chi connectivity index (χ1n) is 9.35. The van der Waals surface area contributed by atoms with Crippen LogP contribution >= 0.6 is 0 Å². The molecular formula is C21H27N3O.